The minimum Gasteiger partial charge on any atom is -0.384 e. The van der Waals surface area contributed by atoms with Gasteiger partial charge in [0.25, 0.3) is 0 Å². The SMILES string of the molecule is CCN1CCN(c2nc(CCOC)ns2)CC1. The van der Waals surface area contributed by atoms with E-state index in [-0.39, 0.29) is 0 Å². The van der Waals surface area contributed by atoms with Crippen LogP contribution in [0, 0.1) is 0 Å². The van der Waals surface area contributed by atoms with Crippen LogP contribution in [-0.4, -0.2) is 60.7 Å². The zero-order valence-corrected chi connectivity index (χ0v) is 11.4. The van der Waals surface area contributed by atoms with Crippen molar-refractivity contribution >= 4 is 16.7 Å². The molecule has 1 aromatic heterocycles. The third-order valence-corrected chi connectivity index (χ3v) is 3.89. The Morgan fingerprint density at radius 1 is 1.29 bits per heavy atom. The molecule has 2 heterocycles. The third kappa shape index (κ3) is 3.37. The van der Waals surface area contributed by atoms with E-state index in [4.69, 9.17) is 4.74 Å². The maximum absolute atomic E-state index is 5.03. The van der Waals surface area contributed by atoms with Gasteiger partial charge >= 0.3 is 0 Å². The van der Waals surface area contributed by atoms with Crippen molar-refractivity contribution in [1.29, 1.82) is 0 Å². The molecule has 17 heavy (non-hydrogen) atoms. The summed E-state index contributed by atoms with van der Waals surface area (Å²) in [6.45, 7) is 8.43. The molecule has 0 bridgehead atoms. The van der Waals surface area contributed by atoms with Crippen molar-refractivity contribution in [2.75, 3.05) is 51.3 Å². The third-order valence-electron chi connectivity index (χ3n) is 3.08. The number of hydrogen-bond donors (Lipinski definition) is 0. The van der Waals surface area contributed by atoms with Crippen LogP contribution < -0.4 is 4.90 Å². The highest BCUT2D eigenvalue weighted by molar-refractivity contribution is 7.09. The fourth-order valence-corrected chi connectivity index (χ4v) is 2.69. The van der Waals surface area contributed by atoms with Gasteiger partial charge in [-0.25, -0.2) is 4.98 Å². The molecule has 0 atom stereocenters. The monoisotopic (exact) mass is 256 g/mol. The van der Waals surface area contributed by atoms with E-state index in [1.165, 1.54) is 11.5 Å². The Kier molecular flexibility index (Phi) is 4.70. The van der Waals surface area contributed by atoms with Crippen molar-refractivity contribution in [3.05, 3.63) is 5.82 Å². The normalized spacial score (nSPS) is 17.6. The molecular weight excluding hydrogens is 236 g/mol. The number of ether oxygens (including phenoxy) is 1. The Labute approximate surface area is 107 Å². The Bertz CT molecular complexity index is 336. The number of anilines is 1. The molecule has 0 aliphatic carbocycles. The molecule has 5 nitrogen and oxygen atoms in total. The van der Waals surface area contributed by atoms with Crippen LogP contribution in [0.5, 0.6) is 0 Å². The number of piperazine rings is 1. The quantitative estimate of drug-likeness (QED) is 0.782. The first kappa shape index (κ1) is 12.7. The molecule has 1 aliphatic heterocycles. The van der Waals surface area contributed by atoms with E-state index in [1.54, 1.807) is 7.11 Å². The summed E-state index contributed by atoms with van der Waals surface area (Å²) in [5, 5.41) is 1.06. The number of likely N-dealkylation sites (N-methyl/N-ethyl adjacent to an activating group) is 1. The van der Waals surface area contributed by atoms with Gasteiger partial charge in [-0.15, -0.1) is 0 Å². The molecule has 0 saturated carbocycles. The second-order valence-electron chi connectivity index (χ2n) is 4.16. The highest BCUT2D eigenvalue weighted by atomic mass is 32.1. The van der Waals surface area contributed by atoms with Gasteiger partial charge in [-0.05, 0) is 6.54 Å². The lowest BCUT2D eigenvalue weighted by Gasteiger charge is -2.33. The topological polar surface area (TPSA) is 41.5 Å². The molecule has 0 spiro atoms. The predicted octanol–water partition coefficient (Wildman–Crippen LogP) is 0.869. The van der Waals surface area contributed by atoms with Crippen molar-refractivity contribution in [1.82, 2.24) is 14.3 Å². The van der Waals surface area contributed by atoms with Crippen molar-refractivity contribution in [2.45, 2.75) is 13.3 Å². The van der Waals surface area contributed by atoms with Gasteiger partial charge < -0.3 is 14.5 Å². The first-order valence-electron chi connectivity index (χ1n) is 6.12. The van der Waals surface area contributed by atoms with Crippen LogP contribution in [0.1, 0.15) is 12.7 Å². The summed E-state index contributed by atoms with van der Waals surface area (Å²) < 4.78 is 9.40. The van der Waals surface area contributed by atoms with Crippen LogP contribution in [-0.2, 0) is 11.2 Å². The van der Waals surface area contributed by atoms with Gasteiger partial charge in [-0.2, -0.15) is 4.37 Å². The van der Waals surface area contributed by atoms with Crippen LogP contribution in [0.4, 0.5) is 5.13 Å². The smallest absolute Gasteiger partial charge is 0.205 e. The summed E-state index contributed by atoms with van der Waals surface area (Å²) in [5.74, 6) is 0.907. The fraction of sp³-hybridized carbons (Fsp3) is 0.818. The Balaban J connectivity index is 1.87. The van der Waals surface area contributed by atoms with E-state index < -0.39 is 0 Å². The van der Waals surface area contributed by atoms with Crippen LogP contribution in [0.25, 0.3) is 0 Å². The zero-order valence-electron chi connectivity index (χ0n) is 10.6. The average molecular weight is 256 g/mol. The van der Waals surface area contributed by atoms with Gasteiger partial charge in [0, 0.05) is 51.2 Å². The number of methoxy groups -OCH3 is 1. The molecule has 2 rings (SSSR count). The van der Waals surface area contributed by atoms with Gasteiger partial charge in [0.15, 0.2) is 0 Å². The van der Waals surface area contributed by atoms with E-state index in [9.17, 15) is 0 Å². The van der Waals surface area contributed by atoms with Crippen molar-refractivity contribution in [2.24, 2.45) is 0 Å². The molecule has 0 radical (unpaired) electrons. The summed E-state index contributed by atoms with van der Waals surface area (Å²) in [4.78, 5) is 9.35. The van der Waals surface area contributed by atoms with Crippen LogP contribution in [0.3, 0.4) is 0 Å². The van der Waals surface area contributed by atoms with E-state index >= 15 is 0 Å². The van der Waals surface area contributed by atoms with Crippen LogP contribution >= 0.6 is 11.5 Å². The molecule has 1 aliphatic rings. The molecule has 1 saturated heterocycles. The second kappa shape index (κ2) is 6.28. The highest BCUT2D eigenvalue weighted by Crippen LogP contribution is 2.19. The van der Waals surface area contributed by atoms with Crippen molar-refractivity contribution in [3.8, 4) is 0 Å². The molecule has 1 fully saturated rings. The lowest BCUT2D eigenvalue weighted by atomic mass is 10.3. The molecule has 0 amide bonds. The van der Waals surface area contributed by atoms with E-state index in [2.05, 4.69) is 26.1 Å². The summed E-state index contributed by atoms with van der Waals surface area (Å²) in [7, 11) is 1.71. The molecule has 96 valence electrons. The Morgan fingerprint density at radius 3 is 2.71 bits per heavy atom. The Morgan fingerprint density at radius 2 is 2.06 bits per heavy atom. The molecule has 6 heteroatoms. The lowest BCUT2D eigenvalue weighted by Crippen LogP contribution is -2.46. The minimum absolute atomic E-state index is 0.694. The molecule has 1 aromatic rings. The Hall–Kier alpha value is -0.720. The number of rotatable bonds is 5. The minimum atomic E-state index is 0.694. The largest absolute Gasteiger partial charge is 0.384 e. The summed E-state index contributed by atoms with van der Waals surface area (Å²) in [6, 6.07) is 0. The van der Waals surface area contributed by atoms with E-state index in [1.807, 2.05) is 0 Å². The van der Waals surface area contributed by atoms with Gasteiger partial charge in [0.05, 0.1) is 6.61 Å². The van der Waals surface area contributed by atoms with Gasteiger partial charge in [-0.1, -0.05) is 6.92 Å². The van der Waals surface area contributed by atoms with Crippen LogP contribution in [0.15, 0.2) is 0 Å². The lowest BCUT2D eigenvalue weighted by molar-refractivity contribution is 0.201. The average Bonchev–Trinajstić information content (AvgIpc) is 2.85. The maximum Gasteiger partial charge on any atom is 0.205 e. The molecule has 0 N–H and O–H groups in total. The van der Waals surface area contributed by atoms with Gasteiger partial charge in [0.1, 0.15) is 5.82 Å². The van der Waals surface area contributed by atoms with Gasteiger partial charge in [0.2, 0.25) is 5.13 Å². The molecule has 0 unspecified atom stereocenters. The van der Waals surface area contributed by atoms with Crippen molar-refractivity contribution < 1.29 is 4.74 Å². The molecule has 0 aromatic carbocycles. The van der Waals surface area contributed by atoms with E-state index in [0.29, 0.717) is 6.61 Å². The standard InChI is InChI=1S/C11H20N4OS/c1-3-14-5-7-15(8-6-14)11-12-10(13-17-11)4-9-16-2/h3-9H2,1-2H3. The maximum atomic E-state index is 5.03. The summed E-state index contributed by atoms with van der Waals surface area (Å²) in [5.41, 5.74) is 0. The first-order valence-corrected chi connectivity index (χ1v) is 6.89. The second-order valence-corrected chi connectivity index (χ2v) is 4.89. The number of aromatic nitrogens is 2. The number of nitrogens with zero attached hydrogens (tertiary/aromatic N) is 4. The molecular formula is C11H20N4OS. The summed E-state index contributed by atoms with van der Waals surface area (Å²) >= 11 is 1.51. The zero-order chi connectivity index (χ0) is 12.1. The van der Waals surface area contributed by atoms with Gasteiger partial charge in [-0.3, -0.25) is 0 Å². The number of hydrogen-bond acceptors (Lipinski definition) is 6. The fourth-order valence-electron chi connectivity index (χ4n) is 1.92. The first-order chi connectivity index (χ1) is 8.33. The van der Waals surface area contributed by atoms with E-state index in [0.717, 1.165) is 50.1 Å². The highest BCUT2D eigenvalue weighted by Gasteiger charge is 2.18. The summed E-state index contributed by atoms with van der Waals surface area (Å²) in [6.07, 6.45) is 0.807. The van der Waals surface area contributed by atoms with Crippen LogP contribution in [0.2, 0.25) is 0 Å². The predicted molar refractivity (Wildman–Crippen MR) is 69.8 cm³/mol. The van der Waals surface area contributed by atoms with Crippen molar-refractivity contribution in [3.63, 3.8) is 0 Å².